The third-order valence-electron chi connectivity index (χ3n) is 1.44. The van der Waals surface area contributed by atoms with Gasteiger partial charge in [0.1, 0.15) is 6.61 Å². The van der Waals surface area contributed by atoms with Crippen molar-refractivity contribution in [2.24, 2.45) is 0 Å². The molecule has 1 amide bonds. The molecule has 0 aromatic carbocycles. The topological polar surface area (TPSA) is 29.5 Å². The summed E-state index contributed by atoms with van der Waals surface area (Å²) in [7, 11) is 0. The maximum absolute atomic E-state index is 10.8. The molecule has 0 aliphatic carbocycles. The summed E-state index contributed by atoms with van der Waals surface area (Å²) < 4.78 is 4.72. The summed E-state index contributed by atoms with van der Waals surface area (Å²) in [6, 6.07) is 0. The summed E-state index contributed by atoms with van der Waals surface area (Å²) in [6.07, 6.45) is 5.14. The molecule has 0 radical (unpaired) electrons. The minimum atomic E-state index is -0.223. The predicted octanol–water partition coefficient (Wildman–Crippen LogP) is 1.18. The van der Waals surface area contributed by atoms with Crippen LogP contribution < -0.4 is 0 Å². The summed E-state index contributed by atoms with van der Waals surface area (Å²) >= 11 is 0. The average molecular weight is 153 g/mol. The maximum Gasteiger partial charge on any atom is 0.410 e. The highest BCUT2D eigenvalue weighted by Crippen LogP contribution is 2.01. The molecule has 1 aliphatic rings. The standard InChI is InChI=1S/C8H11NO2/c1-2-3-4-5-9-6-7-11-8(9)10/h2-4H,1,5-7H2. The van der Waals surface area contributed by atoms with Crippen molar-refractivity contribution in [2.75, 3.05) is 19.7 Å². The molecule has 0 spiro atoms. The van der Waals surface area contributed by atoms with Gasteiger partial charge in [0.15, 0.2) is 0 Å². The van der Waals surface area contributed by atoms with E-state index in [4.69, 9.17) is 4.74 Å². The van der Waals surface area contributed by atoms with Crippen LogP contribution in [0.5, 0.6) is 0 Å². The Kier molecular flexibility index (Phi) is 2.72. The minimum absolute atomic E-state index is 0.223. The van der Waals surface area contributed by atoms with Crippen LogP contribution in [0.25, 0.3) is 0 Å². The average Bonchev–Trinajstić information content (AvgIpc) is 2.37. The van der Waals surface area contributed by atoms with E-state index in [9.17, 15) is 4.79 Å². The van der Waals surface area contributed by atoms with Gasteiger partial charge in [0.05, 0.1) is 6.54 Å². The quantitative estimate of drug-likeness (QED) is 0.570. The highest BCUT2D eigenvalue weighted by atomic mass is 16.6. The van der Waals surface area contributed by atoms with Crippen molar-refractivity contribution in [1.82, 2.24) is 4.90 Å². The summed E-state index contributed by atoms with van der Waals surface area (Å²) in [5.41, 5.74) is 0. The van der Waals surface area contributed by atoms with E-state index in [1.54, 1.807) is 11.0 Å². The molecule has 0 aromatic heterocycles. The van der Waals surface area contributed by atoms with Crippen LogP contribution >= 0.6 is 0 Å². The van der Waals surface area contributed by atoms with Crippen LogP contribution in [0.1, 0.15) is 0 Å². The van der Waals surface area contributed by atoms with Crippen LogP contribution in [-0.4, -0.2) is 30.7 Å². The Labute approximate surface area is 65.9 Å². The number of cyclic esters (lactones) is 1. The fraction of sp³-hybridized carbons (Fsp3) is 0.375. The Morgan fingerprint density at radius 1 is 1.73 bits per heavy atom. The molecule has 1 fully saturated rings. The Morgan fingerprint density at radius 2 is 2.55 bits per heavy atom. The van der Waals surface area contributed by atoms with Crippen LogP contribution in [-0.2, 0) is 4.74 Å². The molecular weight excluding hydrogens is 142 g/mol. The first-order chi connectivity index (χ1) is 5.34. The van der Waals surface area contributed by atoms with Gasteiger partial charge in [-0.1, -0.05) is 24.8 Å². The summed E-state index contributed by atoms with van der Waals surface area (Å²) in [4.78, 5) is 12.5. The second-order valence-corrected chi connectivity index (χ2v) is 2.22. The third kappa shape index (κ3) is 2.11. The zero-order valence-electron chi connectivity index (χ0n) is 6.32. The van der Waals surface area contributed by atoms with Gasteiger partial charge in [0, 0.05) is 6.54 Å². The molecule has 0 aromatic rings. The van der Waals surface area contributed by atoms with Crippen molar-refractivity contribution >= 4 is 6.09 Å². The van der Waals surface area contributed by atoms with Crippen LogP contribution in [0, 0.1) is 0 Å². The van der Waals surface area contributed by atoms with Crippen molar-refractivity contribution in [3.05, 3.63) is 24.8 Å². The van der Waals surface area contributed by atoms with Crippen molar-refractivity contribution in [3.8, 4) is 0 Å². The molecule has 0 N–H and O–H groups in total. The van der Waals surface area contributed by atoms with E-state index in [2.05, 4.69) is 6.58 Å². The van der Waals surface area contributed by atoms with E-state index in [1.165, 1.54) is 0 Å². The number of ether oxygens (including phenoxy) is 1. The van der Waals surface area contributed by atoms with Crippen LogP contribution in [0.2, 0.25) is 0 Å². The van der Waals surface area contributed by atoms with E-state index in [0.29, 0.717) is 19.7 Å². The van der Waals surface area contributed by atoms with Gasteiger partial charge >= 0.3 is 6.09 Å². The Morgan fingerprint density at radius 3 is 3.09 bits per heavy atom. The molecule has 1 heterocycles. The number of amides is 1. The molecule has 11 heavy (non-hydrogen) atoms. The largest absolute Gasteiger partial charge is 0.448 e. The van der Waals surface area contributed by atoms with Gasteiger partial charge in [-0.2, -0.15) is 0 Å². The first-order valence-electron chi connectivity index (χ1n) is 3.54. The van der Waals surface area contributed by atoms with E-state index in [0.717, 1.165) is 0 Å². The smallest absolute Gasteiger partial charge is 0.410 e. The van der Waals surface area contributed by atoms with Gasteiger partial charge < -0.3 is 9.64 Å². The number of nitrogens with zero attached hydrogens (tertiary/aromatic N) is 1. The molecule has 1 aliphatic heterocycles. The molecule has 3 nitrogen and oxygen atoms in total. The Hall–Kier alpha value is -1.25. The van der Waals surface area contributed by atoms with Gasteiger partial charge in [0.2, 0.25) is 0 Å². The molecule has 1 saturated heterocycles. The van der Waals surface area contributed by atoms with Crippen molar-refractivity contribution < 1.29 is 9.53 Å². The zero-order valence-corrected chi connectivity index (χ0v) is 6.32. The highest BCUT2D eigenvalue weighted by molar-refractivity contribution is 5.69. The van der Waals surface area contributed by atoms with Crippen molar-refractivity contribution in [2.45, 2.75) is 0 Å². The van der Waals surface area contributed by atoms with Gasteiger partial charge in [-0.05, 0) is 0 Å². The third-order valence-corrected chi connectivity index (χ3v) is 1.44. The monoisotopic (exact) mass is 153 g/mol. The predicted molar refractivity (Wildman–Crippen MR) is 42.3 cm³/mol. The normalized spacial score (nSPS) is 17.5. The number of allylic oxidation sites excluding steroid dienone is 2. The minimum Gasteiger partial charge on any atom is -0.448 e. The van der Waals surface area contributed by atoms with E-state index in [-0.39, 0.29) is 6.09 Å². The second kappa shape index (κ2) is 3.81. The van der Waals surface area contributed by atoms with Gasteiger partial charge in [-0.25, -0.2) is 4.79 Å². The number of hydrogen-bond acceptors (Lipinski definition) is 2. The van der Waals surface area contributed by atoms with Gasteiger partial charge in [-0.3, -0.25) is 0 Å². The fourth-order valence-electron chi connectivity index (χ4n) is 0.876. The first kappa shape index (κ1) is 7.85. The van der Waals surface area contributed by atoms with Gasteiger partial charge in [0.25, 0.3) is 0 Å². The van der Waals surface area contributed by atoms with Crippen LogP contribution in [0.4, 0.5) is 4.79 Å². The summed E-state index contributed by atoms with van der Waals surface area (Å²) in [6.45, 7) is 5.35. The van der Waals surface area contributed by atoms with Crippen molar-refractivity contribution in [1.29, 1.82) is 0 Å². The van der Waals surface area contributed by atoms with E-state index < -0.39 is 0 Å². The molecule has 0 saturated carbocycles. The summed E-state index contributed by atoms with van der Waals surface area (Å²) in [5, 5.41) is 0. The molecule has 1 rings (SSSR count). The molecule has 0 bridgehead atoms. The lowest BCUT2D eigenvalue weighted by Crippen LogP contribution is -2.23. The maximum atomic E-state index is 10.8. The SMILES string of the molecule is C=CC=CCN1CCOC1=O. The van der Waals surface area contributed by atoms with E-state index >= 15 is 0 Å². The number of carbonyl (C=O) groups is 1. The Bertz CT molecular complexity index is 187. The molecule has 0 unspecified atom stereocenters. The number of rotatable bonds is 3. The highest BCUT2D eigenvalue weighted by Gasteiger charge is 2.19. The zero-order chi connectivity index (χ0) is 8.10. The molecular formula is C8H11NO2. The summed E-state index contributed by atoms with van der Waals surface area (Å²) in [5.74, 6) is 0. The Balaban J connectivity index is 2.31. The lowest BCUT2D eigenvalue weighted by molar-refractivity contribution is 0.161. The van der Waals surface area contributed by atoms with Crippen LogP contribution in [0.3, 0.4) is 0 Å². The first-order valence-corrected chi connectivity index (χ1v) is 3.54. The van der Waals surface area contributed by atoms with E-state index in [1.807, 2.05) is 12.2 Å². The lowest BCUT2D eigenvalue weighted by atomic mass is 10.4. The molecule has 0 atom stereocenters. The number of hydrogen-bond donors (Lipinski definition) is 0. The van der Waals surface area contributed by atoms with Crippen LogP contribution in [0.15, 0.2) is 24.8 Å². The molecule has 3 heteroatoms. The number of carbonyl (C=O) groups excluding carboxylic acids is 1. The van der Waals surface area contributed by atoms with Crippen molar-refractivity contribution in [3.63, 3.8) is 0 Å². The fourth-order valence-corrected chi connectivity index (χ4v) is 0.876. The second-order valence-electron chi connectivity index (χ2n) is 2.22. The molecule has 60 valence electrons. The van der Waals surface area contributed by atoms with Gasteiger partial charge in [-0.15, -0.1) is 0 Å². The lowest BCUT2D eigenvalue weighted by Gasteiger charge is -2.07.